The Morgan fingerprint density at radius 2 is 1.84 bits per heavy atom. The second-order valence-corrected chi connectivity index (χ2v) is 6.41. The molecule has 0 radical (unpaired) electrons. The van der Waals surface area contributed by atoms with Crippen LogP contribution < -0.4 is 15.2 Å². The van der Waals surface area contributed by atoms with Gasteiger partial charge in [-0.3, -0.25) is 0 Å². The SMILES string of the molecule is [O-]c1c[n+](-c2ccc(C3=NNC(c4c(Cl)cccc4Cl)C3)cc2)no1. The number of rotatable bonds is 3. The van der Waals surface area contributed by atoms with Gasteiger partial charge in [-0.05, 0) is 34.5 Å². The number of hydrogen-bond acceptors (Lipinski definition) is 5. The third kappa shape index (κ3) is 3.06. The summed E-state index contributed by atoms with van der Waals surface area (Å²) in [4.78, 5) is 0. The molecule has 1 unspecified atom stereocenters. The first-order valence-corrected chi connectivity index (χ1v) is 8.30. The van der Waals surface area contributed by atoms with Gasteiger partial charge in [-0.1, -0.05) is 29.3 Å². The summed E-state index contributed by atoms with van der Waals surface area (Å²) in [6.45, 7) is 0. The van der Waals surface area contributed by atoms with Gasteiger partial charge in [0.05, 0.1) is 17.0 Å². The van der Waals surface area contributed by atoms with Crippen LogP contribution in [0, 0.1) is 0 Å². The maximum Gasteiger partial charge on any atom is 0.239 e. The van der Waals surface area contributed by atoms with Crippen molar-refractivity contribution in [3.63, 3.8) is 0 Å². The predicted molar refractivity (Wildman–Crippen MR) is 91.0 cm³/mol. The molecular formula is C17H12Cl2N4O2. The number of nitrogens with one attached hydrogen (secondary N) is 1. The van der Waals surface area contributed by atoms with Crippen LogP contribution in [-0.2, 0) is 0 Å². The molecule has 1 N–H and O–H groups in total. The molecule has 2 heterocycles. The van der Waals surface area contributed by atoms with E-state index in [0.717, 1.165) is 22.5 Å². The molecule has 0 amide bonds. The number of hydrazone groups is 1. The van der Waals surface area contributed by atoms with Gasteiger partial charge in [0.1, 0.15) is 5.95 Å². The van der Waals surface area contributed by atoms with E-state index < -0.39 is 5.95 Å². The highest BCUT2D eigenvalue weighted by molar-refractivity contribution is 6.36. The van der Waals surface area contributed by atoms with E-state index in [1.165, 1.54) is 10.9 Å². The molecule has 6 nitrogen and oxygen atoms in total. The molecule has 0 saturated heterocycles. The van der Waals surface area contributed by atoms with Crippen molar-refractivity contribution in [2.24, 2.45) is 5.10 Å². The highest BCUT2D eigenvalue weighted by Crippen LogP contribution is 2.34. The molecular weight excluding hydrogens is 363 g/mol. The Hall–Kier alpha value is -2.57. The van der Waals surface area contributed by atoms with Crippen molar-refractivity contribution in [3.05, 3.63) is 69.8 Å². The molecule has 3 aromatic rings. The fraction of sp³-hybridized carbons (Fsp3) is 0.118. The van der Waals surface area contributed by atoms with Crippen LogP contribution in [0.3, 0.4) is 0 Å². The van der Waals surface area contributed by atoms with Crippen molar-refractivity contribution in [1.82, 2.24) is 10.7 Å². The van der Waals surface area contributed by atoms with Crippen molar-refractivity contribution >= 4 is 28.9 Å². The average molecular weight is 375 g/mol. The molecule has 0 saturated carbocycles. The Labute approximate surface area is 153 Å². The van der Waals surface area contributed by atoms with Crippen LogP contribution in [0.25, 0.3) is 5.69 Å². The fourth-order valence-electron chi connectivity index (χ4n) is 2.79. The molecule has 0 fully saturated rings. The first kappa shape index (κ1) is 15.9. The maximum atomic E-state index is 11.1. The standard InChI is InChI=1S/C17H12Cl2N4O2/c18-12-2-1-3-13(19)17(12)15-8-14(20-21-15)10-4-6-11(7-5-10)23-9-16(24)25-22-23/h1-7,9,15H,8H2,(H-,21,22,24). The minimum absolute atomic E-state index is 0.0659. The van der Waals surface area contributed by atoms with Crippen molar-refractivity contribution in [2.75, 3.05) is 0 Å². The van der Waals surface area contributed by atoms with Crippen LogP contribution in [0.5, 0.6) is 5.95 Å². The number of hydrogen-bond donors (Lipinski definition) is 1. The van der Waals surface area contributed by atoms with Gasteiger partial charge in [-0.25, -0.2) is 0 Å². The molecule has 1 aliphatic heterocycles. The lowest BCUT2D eigenvalue weighted by Crippen LogP contribution is -2.31. The summed E-state index contributed by atoms with van der Waals surface area (Å²) in [6, 6.07) is 12.9. The van der Waals surface area contributed by atoms with E-state index in [-0.39, 0.29) is 6.04 Å². The molecule has 25 heavy (non-hydrogen) atoms. The second kappa shape index (κ2) is 6.38. The summed E-state index contributed by atoms with van der Waals surface area (Å²) in [5, 5.41) is 20.4. The van der Waals surface area contributed by atoms with E-state index in [1.54, 1.807) is 0 Å². The van der Waals surface area contributed by atoms with E-state index in [2.05, 4.69) is 20.3 Å². The summed E-state index contributed by atoms with van der Waals surface area (Å²) < 4.78 is 5.92. The summed E-state index contributed by atoms with van der Waals surface area (Å²) in [7, 11) is 0. The Bertz CT molecular complexity index is 933. The molecule has 4 rings (SSSR count). The van der Waals surface area contributed by atoms with Crippen molar-refractivity contribution in [2.45, 2.75) is 12.5 Å². The lowest BCUT2D eigenvalue weighted by molar-refractivity contribution is -0.670. The maximum absolute atomic E-state index is 11.1. The highest BCUT2D eigenvalue weighted by atomic mass is 35.5. The summed E-state index contributed by atoms with van der Waals surface area (Å²) >= 11 is 12.5. The van der Waals surface area contributed by atoms with Gasteiger partial charge in [-0.2, -0.15) is 5.10 Å². The molecule has 0 spiro atoms. The summed E-state index contributed by atoms with van der Waals surface area (Å²) in [5.74, 6) is -0.493. The zero-order valence-corrected chi connectivity index (χ0v) is 14.3. The van der Waals surface area contributed by atoms with E-state index in [9.17, 15) is 5.11 Å². The molecule has 1 aliphatic rings. The monoisotopic (exact) mass is 374 g/mol. The van der Waals surface area contributed by atoms with Gasteiger partial charge < -0.3 is 15.1 Å². The van der Waals surface area contributed by atoms with E-state index in [4.69, 9.17) is 23.2 Å². The zero-order valence-electron chi connectivity index (χ0n) is 12.8. The molecule has 1 atom stereocenters. The summed E-state index contributed by atoms with van der Waals surface area (Å²) in [6.07, 6.45) is 1.95. The Morgan fingerprint density at radius 3 is 2.48 bits per heavy atom. The third-order valence-electron chi connectivity index (χ3n) is 4.01. The van der Waals surface area contributed by atoms with Crippen molar-refractivity contribution < 1.29 is 14.3 Å². The van der Waals surface area contributed by atoms with Gasteiger partial charge >= 0.3 is 0 Å². The van der Waals surface area contributed by atoms with Crippen LogP contribution in [0.1, 0.15) is 23.6 Å². The number of halogens is 2. The minimum Gasteiger partial charge on any atom is -0.539 e. The van der Waals surface area contributed by atoms with Gasteiger partial charge in [0.2, 0.25) is 11.9 Å². The largest absolute Gasteiger partial charge is 0.539 e. The van der Waals surface area contributed by atoms with Gasteiger partial charge in [0.15, 0.2) is 0 Å². The van der Waals surface area contributed by atoms with Crippen LogP contribution in [0.15, 0.2) is 58.3 Å². The Morgan fingerprint density at radius 1 is 1.12 bits per heavy atom. The van der Waals surface area contributed by atoms with Gasteiger partial charge in [0.25, 0.3) is 0 Å². The molecule has 0 bridgehead atoms. The van der Waals surface area contributed by atoms with Crippen LogP contribution in [0.4, 0.5) is 0 Å². The molecule has 126 valence electrons. The first-order valence-electron chi connectivity index (χ1n) is 7.54. The normalized spacial score (nSPS) is 16.6. The number of benzene rings is 2. The average Bonchev–Trinajstić information content (AvgIpc) is 3.24. The molecule has 0 aliphatic carbocycles. The second-order valence-electron chi connectivity index (χ2n) is 5.59. The van der Waals surface area contributed by atoms with Crippen molar-refractivity contribution in [1.29, 1.82) is 0 Å². The minimum atomic E-state index is -0.493. The quantitative estimate of drug-likeness (QED) is 0.715. The first-order chi connectivity index (χ1) is 12.1. The lowest BCUT2D eigenvalue weighted by Gasteiger charge is -2.13. The fourth-order valence-corrected chi connectivity index (χ4v) is 3.45. The topological polar surface area (TPSA) is 77.4 Å². The molecule has 8 heteroatoms. The van der Waals surface area contributed by atoms with E-state index >= 15 is 0 Å². The van der Waals surface area contributed by atoms with Crippen LogP contribution >= 0.6 is 23.2 Å². The van der Waals surface area contributed by atoms with Crippen LogP contribution in [-0.4, -0.2) is 11.0 Å². The highest BCUT2D eigenvalue weighted by Gasteiger charge is 2.25. The smallest absolute Gasteiger partial charge is 0.239 e. The number of nitrogens with zero attached hydrogens (tertiary/aromatic N) is 3. The Kier molecular flexibility index (Phi) is 4.07. The van der Waals surface area contributed by atoms with E-state index in [0.29, 0.717) is 16.5 Å². The van der Waals surface area contributed by atoms with Crippen LogP contribution in [0.2, 0.25) is 10.0 Å². The van der Waals surface area contributed by atoms with Crippen molar-refractivity contribution in [3.8, 4) is 11.6 Å². The summed E-state index contributed by atoms with van der Waals surface area (Å²) in [5.41, 5.74) is 6.55. The molecule has 1 aromatic heterocycles. The zero-order chi connectivity index (χ0) is 17.4. The van der Waals surface area contributed by atoms with Gasteiger partial charge in [0, 0.05) is 34.2 Å². The number of aromatic nitrogens is 2. The predicted octanol–water partition coefficient (Wildman–Crippen LogP) is 2.77. The van der Waals surface area contributed by atoms with E-state index in [1.807, 2.05) is 42.5 Å². The van der Waals surface area contributed by atoms with Gasteiger partial charge in [-0.15, -0.1) is 0 Å². The lowest BCUT2D eigenvalue weighted by atomic mass is 9.99. The third-order valence-corrected chi connectivity index (χ3v) is 4.67. The Balaban J connectivity index is 1.54. The molecule has 2 aromatic carbocycles.